The highest BCUT2D eigenvalue weighted by molar-refractivity contribution is 5.65. The summed E-state index contributed by atoms with van der Waals surface area (Å²) >= 11 is 0. The van der Waals surface area contributed by atoms with Crippen molar-refractivity contribution in [3.05, 3.63) is 82.3 Å². The predicted octanol–water partition coefficient (Wildman–Crippen LogP) is 4.86. The first-order chi connectivity index (χ1) is 18.6. The quantitative estimate of drug-likeness (QED) is 0.310. The van der Waals surface area contributed by atoms with Crippen LogP contribution >= 0.6 is 0 Å². The van der Waals surface area contributed by atoms with Crippen molar-refractivity contribution in [2.45, 2.75) is 77.8 Å². The van der Waals surface area contributed by atoms with Crippen LogP contribution in [0.15, 0.2) is 64.8 Å². The van der Waals surface area contributed by atoms with E-state index in [9.17, 15) is 4.79 Å². The Morgan fingerprint density at radius 3 is 2.71 bits per heavy atom. The fourth-order valence-corrected chi connectivity index (χ4v) is 5.41. The number of benzene rings is 1. The van der Waals surface area contributed by atoms with Gasteiger partial charge in [-0.25, -0.2) is 4.79 Å². The second-order valence-electron chi connectivity index (χ2n) is 9.99. The second kappa shape index (κ2) is 11.2. The summed E-state index contributed by atoms with van der Waals surface area (Å²) in [4.78, 5) is 18.6. The molecule has 1 aliphatic heterocycles. The number of unbranched alkanes of at least 4 members (excludes halogenated alkanes) is 1. The Balaban J connectivity index is 1.63. The van der Waals surface area contributed by atoms with Crippen molar-refractivity contribution in [3.63, 3.8) is 0 Å². The Morgan fingerprint density at radius 1 is 1.11 bits per heavy atom. The van der Waals surface area contributed by atoms with Gasteiger partial charge >= 0.3 is 5.69 Å². The highest BCUT2D eigenvalue weighted by atomic mass is 16.1. The highest BCUT2D eigenvalue weighted by Gasteiger charge is 2.33. The first kappa shape index (κ1) is 25.6. The van der Waals surface area contributed by atoms with Crippen molar-refractivity contribution >= 4 is 6.21 Å². The minimum atomic E-state index is -0.433. The molecule has 1 N–H and O–H groups in total. The number of aromatic nitrogens is 7. The third-order valence-corrected chi connectivity index (χ3v) is 7.47. The molecule has 0 fully saturated rings. The molecule has 38 heavy (non-hydrogen) atoms. The van der Waals surface area contributed by atoms with Gasteiger partial charge in [0.15, 0.2) is 0 Å². The fourth-order valence-electron chi connectivity index (χ4n) is 5.41. The van der Waals surface area contributed by atoms with E-state index in [1.54, 1.807) is 0 Å². The third-order valence-electron chi connectivity index (χ3n) is 7.47. The lowest BCUT2D eigenvalue weighted by atomic mass is 9.76. The highest BCUT2D eigenvalue weighted by Crippen LogP contribution is 2.35. The summed E-state index contributed by atoms with van der Waals surface area (Å²) in [5, 5.41) is 14.6. The van der Waals surface area contributed by atoms with E-state index in [4.69, 9.17) is 0 Å². The zero-order valence-electron chi connectivity index (χ0n) is 22.5. The first-order valence-electron chi connectivity index (χ1n) is 13.6. The molecule has 0 aliphatic carbocycles. The van der Waals surface area contributed by atoms with Crippen molar-refractivity contribution in [1.29, 1.82) is 0 Å². The molecule has 198 valence electrons. The van der Waals surface area contributed by atoms with Gasteiger partial charge in [0.25, 0.3) is 0 Å². The molecule has 1 unspecified atom stereocenters. The van der Waals surface area contributed by atoms with Crippen LogP contribution in [0.25, 0.3) is 17.2 Å². The van der Waals surface area contributed by atoms with Gasteiger partial charge in [-0.15, -0.1) is 10.2 Å². The average molecular weight is 513 g/mol. The van der Waals surface area contributed by atoms with Gasteiger partial charge < -0.3 is 4.57 Å². The Hall–Kier alpha value is -4.01. The number of aromatic amines is 1. The normalized spacial score (nSPS) is 16.9. The molecule has 1 aliphatic rings. The van der Waals surface area contributed by atoms with Crippen LogP contribution in [0.3, 0.4) is 0 Å². The Morgan fingerprint density at radius 2 is 2.00 bits per heavy atom. The lowest BCUT2D eigenvalue weighted by Gasteiger charge is -2.32. The number of hydrogen-bond acceptors (Lipinski definition) is 5. The van der Waals surface area contributed by atoms with Gasteiger partial charge in [-0.1, -0.05) is 51.0 Å². The van der Waals surface area contributed by atoms with Crippen molar-refractivity contribution in [1.82, 2.24) is 34.3 Å². The number of nitrogens with one attached hydrogen (secondary N) is 1. The maximum atomic E-state index is 14.2. The molecule has 4 aromatic rings. The van der Waals surface area contributed by atoms with Crippen LogP contribution in [0, 0.1) is 0 Å². The number of H-pyrrole nitrogens is 1. The topological polar surface area (TPSA) is 98.7 Å². The zero-order valence-corrected chi connectivity index (χ0v) is 22.5. The molecule has 0 radical (unpaired) electrons. The van der Waals surface area contributed by atoms with Crippen molar-refractivity contribution in [2.75, 3.05) is 0 Å². The van der Waals surface area contributed by atoms with E-state index in [2.05, 4.69) is 87.6 Å². The van der Waals surface area contributed by atoms with E-state index in [0.717, 1.165) is 61.3 Å². The summed E-state index contributed by atoms with van der Waals surface area (Å²) in [6.07, 6.45) is 15.7. The predicted molar refractivity (Wildman–Crippen MR) is 150 cm³/mol. The van der Waals surface area contributed by atoms with E-state index in [1.807, 2.05) is 33.7 Å². The van der Waals surface area contributed by atoms with E-state index in [-0.39, 0.29) is 5.69 Å². The van der Waals surface area contributed by atoms with E-state index in [0.29, 0.717) is 18.8 Å². The largest absolute Gasteiger partial charge is 0.334 e. The Bertz CT molecular complexity index is 1490. The summed E-state index contributed by atoms with van der Waals surface area (Å²) < 4.78 is 6.05. The van der Waals surface area contributed by atoms with Gasteiger partial charge in [-0.05, 0) is 61.1 Å². The maximum Gasteiger partial charge on any atom is 0.334 e. The zero-order chi connectivity index (χ0) is 26.5. The summed E-state index contributed by atoms with van der Waals surface area (Å²) in [5.74, 6) is 1.54. The Kier molecular flexibility index (Phi) is 7.53. The minimum Gasteiger partial charge on any atom is -0.334 e. The second-order valence-corrected chi connectivity index (χ2v) is 9.99. The van der Waals surface area contributed by atoms with Crippen LogP contribution in [0.4, 0.5) is 0 Å². The number of hydrogen-bond donors (Lipinski definition) is 1. The Labute approximate surface area is 222 Å². The number of rotatable bonds is 11. The molecule has 0 saturated heterocycles. The molecule has 1 atom stereocenters. The van der Waals surface area contributed by atoms with Gasteiger partial charge in [0.2, 0.25) is 5.82 Å². The number of imidazole rings is 1. The summed E-state index contributed by atoms with van der Waals surface area (Å²) in [6.45, 7) is 7.82. The molecule has 0 spiro atoms. The molecule has 3 aromatic heterocycles. The molecule has 0 saturated carbocycles. The van der Waals surface area contributed by atoms with Crippen molar-refractivity contribution < 1.29 is 0 Å². The van der Waals surface area contributed by atoms with Crippen LogP contribution in [0.5, 0.6) is 0 Å². The fraction of sp³-hybridized carbons (Fsp3) is 0.414. The monoisotopic (exact) mass is 512 g/mol. The van der Waals surface area contributed by atoms with Gasteiger partial charge in [-0.3, -0.25) is 14.1 Å². The molecule has 1 aromatic carbocycles. The van der Waals surface area contributed by atoms with Gasteiger partial charge in [0.1, 0.15) is 5.82 Å². The van der Waals surface area contributed by atoms with Crippen LogP contribution in [-0.2, 0) is 31.3 Å². The number of allylic oxidation sites excluding steroid dienone is 1. The van der Waals surface area contributed by atoms with Crippen LogP contribution < -0.4 is 5.69 Å². The lowest BCUT2D eigenvalue weighted by Crippen LogP contribution is -2.37. The number of tetrazole rings is 1. The summed E-state index contributed by atoms with van der Waals surface area (Å²) in [7, 11) is 0. The first-order valence-corrected chi connectivity index (χ1v) is 13.6. The SMILES string of the molecule is CCCCc1cn(-c2c(CCC)ccn2CC)c(=O)n1CC1(c2cccc(-c3nn[nH]n3)c2)C=CN=CC1. The van der Waals surface area contributed by atoms with E-state index < -0.39 is 5.41 Å². The smallest absolute Gasteiger partial charge is 0.334 e. The van der Waals surface area contributed by atoms with Crippen molar-refractivity contribution in [3.8, 4) is 17.2 Å². The molecular formula is C29H36N8O. The minimum absolute atomic E-state index is 0.00599. The molecule has 4 heterocycles. The summed E-state index contributed by atoms with van der Waals surface area (Å²) in [5.41, 5.74) is 3.82. The van der Waals surface area contributed by atoms with Crippen LogP contribution in [0.1, 0.15) is 63.3 Å². The third kappa shape index (κ3) is 4.80. The van der Waals surface area contributed by atoms with Crippen LogP contribution in [-0.4, -0.2) is 40.5 Å². The number of nitrogens with zero attached hydrogens (tertiary/aromatic N) is 7. The van der Waals surface area contributed by atoms with Gasteiger partial charge in [-0.2, -0.15) is 5.21 Å². The molecule has 0 amide bonds. The summed E-state index contributed by atoms with van der Waals surface area (Å²) in [6, 6.07) is 10.4. The molecule has 9 nitrogen and oxygen atoms in total. The maximum absolute atomic E-state index is 14.2. The standard InChI is InChI=1S/C29H36N8O/c1-4-7-12-25-20-36(27-22(9-5-2)13-18-35(27)6-3)28(38)37(25)21-29(14-16-30-17-15-29)24-11-8-10-23(19-24)26-31-33-34-32-26/h8,10-11,13-14,16-20H,4-7,9,12,15,21H2,1-3H3,(H,31,32,33,34). The average Bonchev–Trinajstić information content (AvgIpc) is 3.69. The van der Waals surface area contributed by atoms with E-state index >= 15 is 0 Å². The van der Waals surface area contributed by atoms with Crippen molar-refractivity contribution in [2.24, 2.45) is 4.99 Å². The molecule has 9 heteroatoms. The molecule has 5 rings (SSSR count). The lowest BCUT2D eigenvalue weighted by molar-refractivity contribution is 0.438. The van der Waals surface area contributed by atoms with Crippen LogP contribution in [0.2, 0.25) is 0 Å². The van der Waals surface area contributed by atoms with Gasteiger partial charge in [0.05, 0.1) is 0 Å². The number of aliphatic imine (C=N–C) groups is 1. The molecular weight excluding hydrogens is 476 g/mol. The molecule has 0 bridgehead atoms. The van der Waals surface area contributed by atoms with E-state index in [1.165, 1.54) is 5.56 Å². The number of aryl methyl sites for hydroxylation is 3. The van der Waals surface area contributed by atoms with Gasteiger partial charge in [0, 0.05) is 54.6 Å².